The molecule has 0 radical (unpaired) electrons. The lowest BCUT2D eigenvalue weighted by atomic mass is 9.95. The Morgan fingerprint density at radius 1 is 0.591 bits per heavy atom. The Hall–Kier alpha value is -4.62. The first-order valence-corrected chi connectivity index (χ1v) is 23.1. The molecule has 8 rings (SSSR count). The number of fused-ring (bicyclic) bond motifs is 8. The molecule has 8 bridgehead atoms. The third-order valence-electron chi connectivity index (χ3n) is 14.0. The lowest BCUT2D eigenvalue weighted by Gasteiger charge is -2.45. The average Bonchev–Trinajstić information content (AvgIpc) is 4.00. The zero-order valence-electron chi connectivity index (χ0n) is 38.9. The number of ether oxygens (including phenoxy) is 4. The number of rotatable bonds is 12. The van der Waals surface area contributed by atoms with Gasteiger partial charge in [0.1, 0.15) is 48.8 Å². The number of aromatic nitrogens is 4. The fourth-order valence-electron chi connectivity index (χ4n) is 10.1. The van der Waals surface area contributed by atoms with Crippen LogP contribution in [0, 0.1) is 13.8 Å². The second-order valence-corrected chi connectivity index (χ2v) is 17.7. The van der Waals surface area contributed by atoms with Gasteiger partial charge in [0.2, 0.25) is 0 Å². The Balaban J connectivity index is 1.17. The fraction of sp³-hybridized carbons (Fsp3) is 0.490. The minimum atomic E-state index is -1.77. The minimum absolute atomic E-state index is 0.0315. The first kappa shape index (κ1) is 47.9. The summed E-state index contributed by atoms with van der Waals surface area (Å²) >= 11 is 0. The van der Waals surface area contributed by atoms with Gasteiger partial charge in [0.05, 0.1) is 48.1 Å². The van der Waals surface area contributed by atoms with E-state index in [0.29, 0.717) is 0 Å². The standard InChI is InChI=1S/C51H64N4O11/c1-9-29-23(5)33-17-37-31(11-3)25(7)42(54-37)41(43-26(8)32(12-4)38(55-43)18-34-24(6)30(10-2)36(53-34)19-35(29)52-33)28-15-13-27(14-16-28)22-63-50-48(62)46(60)49(40(21-57)65-50)66-51-47(61)45(59)44(58)39(20-56)64-51/h13-19,39-40,44-52,54,56-62H,9-12,20-22H2,1-8H3/t39-,40-,44+,45+,46-,47-,48-,49-,50+,51+/m1/s1. The molecule has 0 saturated carbocycles. The predicted molar refractivity (Wildman–Crippen MR) is 251 cm³/mol. The van der Waals surface area contributed by atoms with Crippen LogP contribution in [0.2, 0.25) is 0 Å². The highest BCUT2D eigenvalue weighted by atomic mass is 16.7. The maximum absolute atomic E-state index is 11.2. The van der Waals surface area contributed by atoms with Gasteiger partial charge in [0.25, 0.3) is 0 Å². The zero-order chi connectivity index (χ0) is 47.3. The zero-order valence-corrected chi connectivity index (χ0v) is 38.9. The number of aromatic amines is 2. The lowest BCUT2D eigenvalue weighted by Crippen LogP contribution is -2.64. The van der Waals surface area contributed by atoms with Crippen LogP contribution in [0.3, 0.4) is 0 Å². The van der Waals surface area contributed by atoms with Gasteiger partial charge in [0, 0.05) is 22.1 Å². The molecule has 4 aliphatic rings. The van der Waals surface area contributed by atoms with Crippen molar-refractivity contribution in [1.82, 2.24) is 19.9 Å². The maximum Gasteiger partial charge on any atom is 0.187 e. The molecule has 7 heterocycles. The van der Waals surface area contributed by atoms with Crippen molar-refractivity contribution >= 4 is 44.4 Å². The third-order valence-corrected chi connectivity index (χ3v) is 14.0. The molecule has 4 aromatic rings. The maximum atomic E-state index is 11.2. The highest BCUT2D eigenvalue weighted by Gasteiger charge is 2.50. The first-order chi connectivity index (χ1) is 31.7. The van der Waals surface area contributed by atoms with Crippen molar-refractivity contribution in [3.8, 4) is 11.1 Å². The van der Waals surface area contributed by atoms with Gasteiger partial charge in [-0.2, -0.15) is 0 Å². The molecule has 2 fully saturated rings. The van der Waals surface area contributed by atoms with E-state index in [1.54, 1.807) is 0 Å². The van der Waals surface area contributed by atoms with E-state index in [4.69, 9.17) is 28.9 Å². The summed E-state index contributed by atoms with van der Waals surface area (Å²) in [6.07, 6.45) is -12.1. The van der Waals surface area contributed by atoms with Crippen LogP contribution in [0.15, 0.2) is 42.5 Å². The molecule has 4 aliphatic heterocycles. The fourth-order valence-corrected chi connectivity index (χ4v) is 10.1. The monoisotopic (exact) mass is 908 g/mol. The van der Waals surface area contributed by atoms with Gasteiger partial charge >= 0.3 is 0 Å². The van der Waals surface area contributed by atoms with Gasteiger partial charge in [-0.15, -0.1) is 0 Å². The van der Waals surface area contributed by atoms with E-state index in [1.807, 2.05) is 24.3 Å². The van der Waals surface area contributed by atoms with Gasteiger partial charge in [-0.25, -0.2) is 9.97 Å². The largest absolute Gasteiger partial charge is 0.394 e. The number of H-pyrrole nitrogens is 2. The SMILES string of the molecule is CCC1=C(C)c2cc3nc(c(-c4ccc(CO[C@H]5O[C@H](CO)[C@@H](O[C@@H]6O[C@H](CO)[C@H](O)[C@H](O)[C@H]6O)[C@H](O)[C@H]5O)cc4)c4[nH]c(cc5[nH]c(cc1n2)c(CC)c5C)c(CC)c4C)C(C)=C3CC. The normalized spacial score (nSPS) is 27.0. The van der Waals surface area contributed by atoms with E-state index in [2.05, 4.69) is 83.6 Å². The van der Waals surface area contributed by atoms with Crippen LogP contribution in [-0.2, 0) is 38.4 Å². The van der Waals surface area contributed by atoms with Crippen LogP contribution in [0.25, 0.3) is 55.5 Å². The number of nitrogens with zero attached hydrogens (tertiary/aromatic N) is 2. The Kier molecular flexibility index (Phi) is 14.2. The Morgan fingerprint density at radius 3 is 1.85 bits per heavy atom. The molecular formula is C51H64N4O11. The number of hydrogen-bond acceptors (Lipinski definition) is 13. The molecule has 0 amide bonds. The molecule has 354 valence electrons. The highest BCUT2D eigenvalue weighted by molar-refractivity contribution is 6.01. The van der Waals surface area contributed by atoms with Crippen LogP contribution in [0.5, 0.6) is 0 Å². The quantitative estimate of drug-likeness (QED) is 0.0850. The van der Waals surface area contributed by atoms with Crippen LogP contribution < -0.4 is 0 Å². The number of aliphatic hydroxyl groups is 7. The second-order valence-electron chi connectivity index (χ2n) is 17.7. The highest BCUT2D eigenvalue weighted by Crippen LogP contribution is 2.42. The molecule has 66 heavy (non-hydrogen) atoms. The summed E-state index contributed by atoms with van der Waals surface area (Å²) in [7, 11) is 0. The summed E-state index contributed by atoms with van der Waals surface area (Å²) in [6.45, 7) is 16.0. The summed E-state index contributed by atoms with van der Waals surface area (Å²) in [5, 5.41) is 73.0. The number of aryl methyl sites for hydroxylation is 4. The summed E-state index contributed by atoms with van der Waals surface area (Å²) in [5.41, 5.74) is 19.8. The van der Waals surface area contributed by atoms with Crippen molar-refractivity contribution in [2.45, 2.75) is 149 Å². The Labute approximate surface area is 384 Å². The van der Waals surface area contributed by atoms with Gasteiger partial charge in [0.15, 0.2) is 12.6 Å². The summed E-state index contributed by atoms with van der Waals surface area (Å²) in [4.78, 5) is 18.3. The molecule has 0 unspecified atom stereocenters. The van der Waals surface area contributed by atoms with Crippen molar-refractivity contribution in [2.24, 2.45) is 0 Å². The van der Waals surface area contributed by atoms with Crippen molar-refractivity contribution < 1.29 is 54.7 Å². The van der Waals surface area contributed by atoms with Crippen molar-refractivity contribution in [3.05, 3.63) is 93.1 Å². The Morgan fingerprint density at radius 2 is 1.20 bits per heavy atom. The number of benzene rings is 1. The smallest absolute Gasteiger partial charge is 0.187 e. The lowest BCUT2D eigenvalue weighted by molar-refractivity contribution is -0.360. The van der Waals surface area contributed by atoms with E-state index < -0.39 is 74.6 Å². The summed E-state index contributed by atoms with van der Waals surface area (Å²) < 4.78 is 23.0. The molecule has 0 spiro atoms. The van der Waals surface area contributed by atoms with Crippen molar-refractivity contribution in [1.29, 1.82) is 0 Å². The summed E-state index contributed by atoms with van der Waals surface area (Å²) in [6, 6.07) is 14.5. The average molecular weight is 909 g/mol. The van der Waals surface area contributed by atoms with Crippen molar-refractivity contribution in [3.63, 3.8) is 0 Å². The molecule has 3 aromatic heterocycles. The van der Waals surface area contributed by atoms with Crippen LogP contribution in [0.4, 0.5) is 0 Å². The number of aliphatic hydroxyl groups excluding tert-OH is 7. The van der Waals surface area contributed by atoms with E-state index in [0.717, 1.165) is 109 Å². The van der Waals surface area contributed by atoms with Crippen LogP contribution in [0.1, 0.15) is 105 Å². The van der Waals surface area contributed by atoms with Gasteiger partial charge in [-0.1, -0.05) is 52.0 Å². The van der Waals surface area contributed by atoms with E-state index in [1.165, 1.54) is 22.3 Å². The van der Waals surface area contributed by atoms with Gasteiger partial charge in [-0.05, 0) is 127 Å². The van der Waals surface area contributed by atoms with Gasteiger partial charge in [-0.3, -0.25) is 0 Å². The van der Waals surface area contributed by atoms with Crippen LogP contribution >= 0.6 is 0 Å². The Bertz CT molecular complexity index is 2680. The summed E-state index contributed by atoms with van der Waals surface area (Å²) in [5.74, 6) is 0. The first-order valence-electron chi connectivity index (χ1n) is 23.1. The molecule has 10 atom stereocenters. The van der Waals surface area contributed by atoms with Crippen molar-refractivity contribution in [2.75, 3.05) is 13.2 Å². The predicted octanol–water partition coefficient (Wildman–Crippen LogP) is 5.55. The topological polar surface area (TPSA) is 236 Å². The molecule has 1 aromatic carbocycles. The van der Waals surface area contributed by atoms with Crippen LogP contribution in [-0.4, -0.2) is 130 Å². The van der Waals surface area contributed by atoms with Gasteiger partial charge < -0.3 is 64.7 Å². The minimum Gasteiger partial charge on any atom is -0.394 e. The van der Waals surface area contributed by atoms with E-state index >= 15 is 0 Å². The molecule has 0 aliphatic carbocycles. The van der Waals surface area contributed by atoms with E-state index in [-0.39, 0.29) is 6.61 Å². The molecule has 15 nitrogen and oxygen atoms in total. The molecule has 15 heteroatoms. The second kappa shape index (κ2) is 19.5. The number of hydrogen-bond donors (Lipinski definition) is 9. The number of allylic oxidation sites excluding steroid dienone is 4. The number of nitrogens with one attached hydrogen (secondary N) is 2. The molecule has 2 saturated heterocycles. The van der Waals surface area contributed by atoms with E-state index in [9.17, 15) is 35.7 Å². The molecule has 9 N–H and O–H groups in total. The third kappa shape index (κ3) is 8.49. The molecular weight excluding hydrogens is 845 g/mol.